The first kappa shape index (κ1) is 18.6. The maximum absolute atomic E-state index is 12.0. The molecule has 0 aliphatic rings. The van der Waals surface area contributed by atoms with Gasteiger partial charge in [-0.1, -0.05) is 12.5 Å². The number of unbranched alkanes of at least 4 members (excludes halogenated alkanes) is 2. The molecule has 0 fully saturated rings. The topological polar surface area (TPSA) is 79.3 Å². The van der Waals surface area contributed by atoms with Gasteiger partial charge in [-0.3, -0.25) is 4.79 Å². The predicted octanol–water partition coefficient (Wildman–Crippen LogP) is 4.19. The number of rotatable bonds is 9. The first-order valence-corrected chi connectivity index (χ1v) is 9.69. The lowest BCUT2D eigenvalue weighted by Gasteiger charge is -2.11. The second-order valence-electron chi connectivity index (χ2n) is 5.70. The quantitative estimate of drug-likeness (QED) is 0.652. The summed E-state index contributed by atoms with van der Waals surface area (Å²) in [5.41, 5.74) is 0.497. The highest BCUT2D eigenvalue weighted by Gasteiger charge is 2.18. The number of thiophene rings is 1. The summed E-state index contributed by atoms with van der Waals surface area (Å²) in [6, 6.07) is 3.94. The van der Waals surface area contributed by atoms with E-state index in [0.717, 1.165) is 37.0 Å². The van der Waals surface area contributed by atoms with Crippen molar-refractivity contribution in [1.29, 1.82) is 0 Å². The second-order valence-corrected chi connectivity index (χ2v) is 7.76. The molecule has 0 aliphatic heterocycles. The Hall–Kier alpha value is -1.73. The van der Waals surface area contributed by atoms with Gasteiger partial charge >= 0.3 is 5.97 Å². The summed E-state index contributed by atoms with van der Waals surface area (Å²) >= 11 is 2.90. The van der Waals surface area contributed by atoms with E-state index in [1.54, 1.807) is 18.3 Å². The van der Waals surface area contributed by atoms with Crippen LogP contribution in [-0.2, 0) is 11.2 Å². The van der Waals surface area contributed by atoms with E-state index in [1.807, 2.05) is 6.92 Å². The minimum atomic E-state index is -0.972. The van der Waals surface area contributed by atoms with E-state index in [0.29, 0.717) is 17.1 Å². The van der Waals surface area contributed by atoms with Crippen LogP contribution in [0.4, 0.5) is 0 Å². The summed E-state index contributed by atoms with van der Waals surface area (Å²) < 4.78 is 0. The van der Waals surface area contributed by atoms with Crippen LogP contribution >= 0.6 is 22.7 Å². The normalized spacial score (nSPS) is 12.1. The van der Waals surface area contributed by atoms with Crippen molar-refractivity contribution >= 4 is 34.6 Å². The molecular weight excluding hydrogens is 344 g/mol. The van der Waals surface area contributed by atoms with E-state index in [2.05, 4.69) is 27.8 Å². The molecule has 5 nitrogen and oxygen atoms in total. The fraction of sp³-hybridized carbons (Fsp3) is 0.471. The average molecular weight is 367 g/mol. The number of carboxylic acids is 1. The van der Waals surface area contributed by atoms with Crippen LogP contribution in [-0.4, -0.2) is 22.0 Å². The number of carboxylic acid groups (broad SMARTS) is 1. The molecule has 2 rings (SSSR count). The first-order chi connectivity index (χ1) is 11.5. The molecule has 0 radical (unpaired) electrons. The van der Waals surface area contributed by atoms with Gasteiger partial charge < -0.3 is 10.4 Å². The molecule has 1 atom stereocenters. The zero-order chi connectivity index (χ0) is 17.5. The van der Waals surface area contributed by atoms with Crippen molar-refractivity contribution in [1.82, 2.24) is 10.3 Å². The number of nitrogens with zero attached hydrogens (tertiary/aromatic N) is 1. The summed E-state index contributed by atoms with van der Waals surface area (Å²) in [6.45, 7) is 3.50. The van der Waals surface area contributed by atoms with Crippen molar-refractivity contribution in [2.24, 2.45) is 0 Å². The van der Waals surface area contributed by atoms with E-state index >= 15 is 0 Å². The fourth-order valence-electron chi connectivity index (χ4n) is 2.39. The van der Waals surface area contributed by atoms with Gasteiger partial charge in [0.15, 0.2) is 0 Å². The molecule has 130 valence electrons. The molecule has 2 N–H and O–H groups in total. The van der Waals surface area contributed by atoms with Crippen LogP contribution in [0.15, 0.2) is 17.5 Å². The zero-order valence-corrected chi connectivity index (χ0v) is 15.5. The molecule has 2 heterocycles. The average Bonchev–Trinajstić information content (AvgIpc) is 3.16. The van der Waals surface area contributed by atoms with Gasteiger partial charge in [-0.15, -0.1) is 22.7 Å². The van der Waals surface area contributed by atoms with Crippen LogP contribution in [0, 0.1) is 6.92 Å². The summed E-state index contributed by atoms with van der Waals surface area (Å²) in [4.78, 5) is 28.9. The van der Waals surface area contributed by atoms with Gasteiger partial charge in [0.2, 0.25) is 5.91 Å². The van der Waals surface area contributed by atoms with Gasteiger partial charge in [0.05, 0.1) is 11.7 Å². The second kappa shape index (κ2) is 8.94. The Morgan fingerprint density at radius 2 is 2.12 bits per heavy atom. The van der Waals surface area contributed by atoms with Gasteiger partial charge in [0, 0.05) is 11.3 Å². The molecule has 7 heteroatoms. The molecule has 24 heavy (non-hydrogen) atoms. The molecule has 0 aliphatic carbocycles. The van der Waals surface area contributed by atoms with Crippen molar-refractivity contribution in [3.63, 3.8) is 0 Å². The minimum Gasteiger partial charge on any atom is -0.477 e. The third-order valence-corrected chi connectivity index (χ3v) is 5.93. The highest BCUT2D eigenvalue weighted by Crippen LogP contribution is 2.23. The third-order valence-electron chi connectivity index (χ3n) is 3.66. The molecule has 0 aromatic carbocycles. The Balaban J connectivity index is 1.69. The number of thiazole rings is 1. The lowest BCUT2D eigenvalue weighted by molar-refractivity contribution is -0.121. The molecule has 1 amide bonds. The van der Waals surface area contributed by atoms with Gasteiger partial charge in [-0.2, -0.15) is 0 Å². The number of aryl methyl sites for hydroxylation is 2. The summed E-state index contributed by atoms with van der Waals surface area (Å²) in [5, 5.41) is 14.7. The van der Waals surface area contributed by atoms with Crippen LogP contribution < -0.4 is 5.32 Å². The smallest absolute Gasteiger partial charge is 0.347 e. The molecule has 2 aromatic rings. The van der Waals surface area contributed by atoms with Crippen LogP contribution in [0.25, 0.3) is 0 Å². The van der Waals surface area contributed by atoms with Crippen molar-refractivity contribution < 1.29 is 14.7 Å². The van der Waals surface area contributed by atoms with Crippen LogP contribution in [0.3, 0.4) is 0 Å². The largest absolute Gasteiger partial charge is 0.477 e. The molecule has 1 unspecified atom stereocenters. The van der Waals surface area contributed by atoms with E-state index < -0.39 is 5.97 Å². The molecule has 0 bridgehead atoms. The van der Waals surface area contributed by atoms with Crippen molar-refractivity contribution in [2.45, 2.75) is 52.0 Å². The van der Waals surface area contributed by atoms with Gasteiger partial charge in [0.25, 0.3) is 0 Å². The molecule has 0 saturated heterocycles. The first-order valence-electron chi connectivity index (χ1n) is 7.99. The lowest BCUT2D eigenvalue weighted by Crippen LogP contribution is -2.26. The lowest BCUT2D eigenvalue weighted by atomic mass is 10.1. The predicted molar refractivity (Wildman–Crippen MR) is 96.9 cm³/mol. The van der Waals surface area contributed by atoms with Crippen molar-refractivity contribution in [2.75, 3.05) is 0 Å². The maximum atomic E-state index is 12.0. The third kappa shape index (κ3) is 5.42. The Morgan fingerprint density at radius 1 is 1.33 bits per heavy atom. The van der Waals surface area contributed by atoms with E-state index in [-0.39, 0.29) is 16.8 Å². The Kier molecular flexibility index (Phi) is 6.93. The zero-order valence-electron chi connectivity index (χ0n) is 13.9. The van der Waals surface area contributed by atoms with E-state index in [1.165, 1.54) is 4.88 Å². The summed E-state index contributed by atoms with van der Waals surface area (Å²) in [7, 11) is 0. The van der Waals surface area contributed by atoms with Crippen molar-refractivity contribution in [3.8, 4) is 0 Å². The number of amides is 1. The van der Waals surface area contributed by atoms with Crippen LogP contribution in [0.5, 0.6) is 0 Å². The van der Waals surface area contributed by atoms with Crippen LogP contribution in [0.1, 0.15) is 63.9 Å². The number of carbonyl (C=O) groups excluding carboxylic acids is 1. The van der Waals surface area contributed by atoms with Gasteiger partial charge in [-0.05, 0) is 44.6 Å². The summed E-state index contributed by atoms with van der Waals surface area (Å²) in [5.74, 6) is -0.983. The number of hydrogen-bond donors (Lipinski definition) is 2. The summed E-state index contributed by atoms with van der Waals surface area (Å²) in [6.07, 6.45) is 4.55. The molecular formula is C17H22N2O3S2. The maximum Gasteiger partial charge on any atom is 0.347 e. The van der Waals surface area contributed by atoms with E-state index in [4.69, 9.17) is 5.11 Å². The highest BCUT2D eigenvalue weighted by atomic mass is 32.1. The van der Waals surface area contributed by atoms with Crippen molar-refractivity contribution in [3.05, 3.63) is 38.0 Å². The molecule has 0 spiro atoms. The Morgan fingerprint density at radius 3 is 2.75 bits per heavy atom. The monoisotopic (exact) mass is 366 g/mol. The van der Waals surface area contributed by atoms with Gasteiger partial charge in [-0.25, -0.2) is 9.78 Å². The van der Waals surface area contributed by atoms with Crippen LogP contribution in [0.2, 0.25) is 0 Å². The molecule has 0 saturated carbocycles. The van der Waals surface area contributed by atoms with E-state index in [9.17, 15) is 9.59 Å². The number of hydrogen-bond acceptors (Lipinski definition) is 5. The Labute approximate surface area is 149 Å². The number of carbonyl (C=O) groups is 2. The highest BCUT2D eigenvalue weighted by molar-refractivity contribution is 7.13. The SMILES string of the molecule is Cc1nc(C(C)NC(=O)CCCCCc2cccs2)sc1C(=O)O. The standard InChI is InChI=1S/C17H22N2O3S2/c1-11-15(17(21)22)24-16(19-11)12(2)18-14(20)9-5-3-4-7-13-8-6-10-23-13/h6,8,10,12H,3-5,7,9H2,1-2H3,(H,18,20)(H,21,22). The Bertz CT molecular complexity index is 680. The van der Waals surface area contributed by atoms with Gasteiger partial charge in [0.1, 0.15) is 9.88 Å². The minimum absolute atomic E-state index is 0.0108. The fourth-order valence-corrected chi connectivity index (χ4v) is 4.05. The number of aromatic nitrogens is 1. The number of aromatic carboxylic acids is 1. The molecule has 2 aromatic heterocycles. The number of nitrogens with one attached hydrogen (secondary N) is 1.